The third kappa shape index (κ3) is 4.01. The number of primary amides is 1. The zero-order chi connectivity index (χ0) is 13.5. The summed E-state index contributed by atoms with van der Waals surface area (Å²) >= 11 is 0. The molecule has 0 aromatic heterocycles. The van der Waals surface area contributed by atoms with E-state index in [0.29, 0.717) is 12.8 Å². The number of hydrogen-bond acceptors (Lipinski definition) is 2. The molecule has 1 aromatic rings. The van der Waals surface area contributed by atoms with Crippen molar-refractivity contribution in [3.63, 3.8) is 0 Å². The molecule has 0 unspecified atom stereocenters. The first kappa shape index (κ1) is 13.9. The molecule has 2 amide bonds. The molecule has 4 nitrogen and oxygen atoms in total. The van der Waals surface area contributed by atoms with Crippen molar-refractivity contribution in [1.29, 1.82) is 0 Å². The highest BCUT2D eigenvalue weighted by Crippen LogP contribution is 2.04. The SMILES string of the molecule is C=CCC[C@H](NC(=O)c1ccc(F)cc1)C(N)=O. The average Bonchev–Trinajstić information content (AvgIpc) is 2.34. The van der Waals surface area contributed by atoms with Gasteiger partial charge in [0.15, 0.2) is 0 Å². The summed E-state index contributed by atoms with van der Waals surface area (Å²) in [5.74, 6) is -1.49. The summed E-state index contributed by atoms with van der Waals surface area (Å²) in [6.45, 7) is 3.53. The molecule has 0 fully saturated rings. The molecular formula is C13H15FN2O2. The van der Waals surface area contributed by atoms with Crippen molar-refractivity contribution in [1.82, 2.24) is 5.32 Å². The van der Waals surface area contributed by atoms with Crippen molar-refractivity contribution in [2.75, 3.05) is 0 Å². The Hall–Kier alpha value is -2.17. The first-order chi connectivity index (χ1) is 8.54. The Balaban J connectivity index is 2.68. The maximum Gasteiger partial charge on any atom is 0.251 e. The van der Waals surface area contributed by atoms with Crippen LogP contribution in [-0.2, 0) is 4.79 Å². The standard InChI is InChI=1S/C13H15FN2O2/c1-2-3-4-11(12(15)17)16-13(18)9-5-7-10(14)8-6-9/h2,5-8,11H,1,3-4H2,(H2,15,17)(H,16,18)/t11-/m0/s1. The van der Waals surface area contributed by atoms with Crippen LogP contribution in [0.25, 0.3) is 0 Å². The molecule has 0 aliphatic carbocycles. The molecule has 1 rings (SSSR count). The molecule has 3 N–H and O–H groups in total. The van der Waals surface area contributed by atoms with Crippen LogP contribution < -0.4 is 11.1 Å². The zero-order valence-electron chi connectivity index (χ0n) is 9.86. The van der Waals surface area contributed by atoms with E-state index in [0.717, 1.165) is 0 Å². The Bertz CT molecular complexity index is 443. The molecular weight excluding hydrogens is 235 g/mol. The Morgan fingerprint density at radius 1 is 1.39 bits per heavy atom. The number of benzene rings is 1. The van der Waals surface area contributed by atoms with Crippen molar-refractivity contribution in [2.24, 2.45) is 5.73 Å². The van der Waals surface area contributed by atoms with Gasteiger partial charge in [0, 0.05) is 5.56 Å². The van der Waals surface area contributed by atoms with Crippen molar-refractivity contribution < 1.29 is 14.0 Å². The van der Waals surface area contributed by atoms with Crippen LogP contribution in [0.5, 0.6) is 0 Å². The summed E-state index contributed by atoms with van der Waals surface area (Å²) in [5.41, 5.74) is 5.46. The molecule has 96 valence electrons. The third-order valence-corrected chi connectivity index (χ3v) is 2.41. The highest BCUT2D eigenvalue weighted by molar-refractivity contribution is 5.97. The predicted molar refractivity (Wildman–Crippen MR) is 66.3 cm³/mol. The number of halogens is 1. The smallest absolute Gasteiger partial charge is 0.251 e. The number of hydrogen-bond donors (Lipinski definition) is 2. The highest BCUT2D eigenvalue weighted by Gasteiger charge is 2.17. The Morgan fingerprint density at radius 2 is 2.00 bits per heavy atom. The number of rotatable bonds is 6. The van der Waals surface area contributed by atoms with Gasteiger partial charge in [-0.2, -0.15) is 0 Å². The van der Waals surface area contributed by atoms with Gasteiger partial charge in [-0.1, -0.05) is 6.08 Å². The van der Waals surface area contributed by atoms with Gasteiger partial charge < -0.3 is 11.1 Å². The minimum Gasteiger partial charge on any atom is -0.368 e. The van der Waals surface area contributed by atoms with E-state index in [2.05, 4.69) is 11.9 Å². The van der Waals surface area contributed by atoms with Crippen LogP contribution in [0.15, 0.2) is 36.9 Å². The quantitative estimate of drug-likeness (QED) is 0.748. The lowest BCUT2D eigenvalue weighted by atomic mass is 10.1. The summed E-state index contributed by atoms with van der Waals surface area (Å²) in [6.07, 6.45) is 2.60. The number of amides is 2. The topological polar surface area (TPSA) is 72.2 Å². The zero-order valence-corrected chi connectivity index (χ0v) is 9.86. The van der Waals surface area contributed by atoms with Gasteiger partial charge in [-0.25, -0.2) is 4.39 Å². The van der Waals surface area contributed by atoms with E-state index >= 15 is 0 Å². The van der Waals surface area contributed by atoms with Crippen LogP contribution in [0, 0.1) is 5.82 Å². The lowest BCUT2D eigenvalue weighted by molar-refractivity contribution is -0.119. The van der Waals surface area contributed by atoms with Gasteiger partial charge in [0.2, 0.25) is 5.91 Å². The molecule has 0 spiro atoms. The molecule has 0 aliphatic heterocycles. The van der Waals surface area contributed by atoms with Gasteiger partial charge >= 0.3 is 0 Å². The van der Waals surface area contributed by atoms with Gasteiger partial charge in [0.05, 0.1) is 0 Å². The van der Waals surface area contributed by atoms with E-state index in [-0.39, 0.29) is 5.56 Å². The molecule has 0 radical (unpaired) electrons. The summed E-state index contributed by atoms with van der Waals surface area (Å²) in [5, 5.41) is 2.50. The Morgan fingerprint density at radius 3 is 2.50 bits per heavy atom. The van der Waals surface area contributed by atoms with Gasteiger partial charge in [0.25, 0.3) is 5.91 Å². The predicted octanol–water partition coefficient (Wildman–Crippen LogP) is 1.38. The molecule has 0 aliphatic rings. The normalized spacial score (nSPS) is 11.6. The van der Waals surface area contributed by atoms with Gasteiger partial charge in [-0.05, 0) is 37.1 Å². The number of carbonyl (C=O) groups is 2. The minimum absolute atomic E-state index is 0.279. The molecule has 0 saturated carbocycles. The molecule has 18 heavy (non-hydrogen) atoms. The minimum atomic E-state index is -0.749. The monoisotopic (exact) mass is 250 g/mol. The highest BCUT2D eigenvalue weighted by atomic mass is 19.1. The van der Waals surface area contributed by atoms with E-state index in [1.165, 1.54) is 24.3 Å². The van der Waals surface area contributed by atoms with Crippen molar-refractivity contribution >= 4 is 11.8 Å². The molecule has 0 bridgehead atoms. The first-order valence-corrected chi connectivity index (χ1v) is 5.51. The molecule has 5 heteroatoms. The second-order valence-electron chi connectivity index (χ2n) is 3.80. The molecule has 1 aromatic carbocycles. The van der Waals surface area contributed by atoms with Crippen LogP contribution in [0.2, 0.25) is 0 Å². The largest absolute Gasteiger partial charge is 0.368 e. The number of nitrogens with one attached hydrogen (secondary N) is 1. The number of allylic oxidation sites excluding steroid dienone is 1. The summed E-state index contributed by atoms with van der Waals surface area (Å²) in [6, 6.07) is 4.29. The molecule has 0 heterocycles. The maximum atomic E-state index is 12.7. The maximum absolute atomic E-state index is 12.7. The van der Waals surface area contributed by atoms with Crippen molar-refractivity contribution in [3.05, 3.63) is 48.3 Å². The number of carbonyl (C=O) groups excluding carboxylic acids is 2. The second-order valence-corrected chi connectivity index (χ2v) is 3.80. The fourth-order valence-electron chi connectivity index (χ4n) is 1.41. The fourth-order valence-corrected chi connectivity index (χ4v) is 1.41. The fraction of sp³-hybridized carbons (Fsp3) is 0.231. The third-order valence-electron chi connectivity index (χ3n) is 2.41. The van der Waals surface area contributed by atoms with E-state index in [9.17, 15) is 14.0 Å². The lowest BCUT2D eigenvalue weighted by Crippen LogP contribution is -2.44. The van der Waals surface area contributed by atoms with Gasteiger partial charge in [-0.15, -0.1) is 6.58 Å². The summed E-state index contributed by atoms with van der Waals surface area (Å²) in [4.78, 5) is 22.9. The van der Waals surface area contributed by atoms with Crippen molar-refractivity contribution in [2.45, 2.75) is 18.9 Å². The first-order valence-electron chi connectivity index (χ1n) is 5.51. The molecule has 0 saturated heterocycles. The van der Waals surface area contributed by atoms with Crippen molar-refractivity contribution in [3.8, 4) is 0 Å². The summed E-state index contributed by atoms with van der Waals surface area (Å²) < 4.78 is 12.7. The summed E-state index contributed by atoms with van der Waals surface area (Å²) in [7, 11) is 0. The van der Waals surface area contributed by atoms with Crippen LogP contribution in [0.4, 0.5) is 4.39 Å². The second kappa shape index (κ2) is 6.54. The molecule has 1 atom stereocenters. The van der Waals surface area contributed by atoms with E-state index in [4.69, 9.17) is 5.73 Å². The van der Waals surface area contributed by atoms with Crippen LogP contribution in [0.1, 0.15) is 23.2 Å². The Labute approximate surface area is 105 Å². The van der Waals surface area contributed by atoms with E-state index in [1.54, 1.807) is 6.08 Å². The van der Waals surface area contributed by atoms with E-state index < -0.39 is 23.7 Å². The van der Waals surface area contributed by atoms with Crippen LogP contribution in [0.3, 0.4) is 0 Å². The number of nitrogens with two attached hydrogens (primary N) is 1. The lowest BCUT2D eigenvalue weighted by Gasteiger charge is -2.14. The van der Waals surface area contributed by atoms with Crippen LogP contribution >= 0.6 is 0 Å². The van der Waals surface area contributed by atoms with Gasteiger partial charge in [0.1, 0.15) is 11.9 Å². The van der Waals surface area contributed by atoms with Crippen LogP contribution in [-0.4, -0.2) is 17.9 Å². The van der Waals surface area contributed by atoms with E-state index in [1.807, 2.05) is 0 Å². The van der Waals surface area contributed by atoms with Gasteiger partial charge in [-0.3, -0.25) is 9.59 Å². The Kier molecular flexibility index (Phi) is 5.05. The average molecular weight is 250 g/mol.